The maximum absolute atomic E-state index is 12.3. The van der Waals surface area contributed by atoms with E-state index in [0.717, 1.165) is 5.56 Å². The Balaban J connectivity index is -0.000000686. The van der Waals surface area contributed by atoms with Crippen LogP contribution in [0.25, 0.3) is 0 Å². The lowest BCUT2D eigenvalue weighted by Crippen LogP contribution is -2.50. The molecule has 0 radical (unpaired) electrons. The van der Waals surface area contributed by atoms with Crippen LogP contribution >= 0.6 is 0 Å². The molecule has 10 nitrogen and oxygen atoms in total. The summed E-state index contributed by atoms with van der Waals surface area (Å²) < 4.78 is 20.4. The van der Waals surface area contributed by atoms with Gasteiger partial charge in [-0.25, -0.2) is 19.2 Å². The summed E-state index contributed by atoms with van der Waals surface area (Å²) in [6, 6.07) is 7.96. The molecule has 0 bridgehead atoms. The highest BCUT2D eigenvalue weighted by Crippen LogP contribution is 2.33. The van der Waals surface area contributed by atoms with Crippen molar-refractivity contribution in [2.24, 2.45) is 17.3 Å². The van der Waals surface area contributed by atoms with Crippen molar-refractivity contribution < 1.29 is 38.1 Å². The highest BCUT2D eigenvalue weighted by Gasteiger charge is 2.39. The summed E-state index contributed by atoms with van der Waals surface area (Å²) in [4.78, 5) is 47.2. The van der Waals surface area contributed by atoms with Gasteiger partial charge in [0.1, 0.15) is 24.3 Å². The van der Waals surface area contributed by atoms with Crippen LogP contribution < -0.4 is 10.6 Å². The minimum atomic E-state index is -0.712. The summed E-state index contributed by atoms with van der Waals surface area (Å²) in [5.74, 6) is -1.06. The van der Waals surface area contributed by atoms with Gasteiger partial charge in [0.15, 0.2) is 0 Å². The zero-order chi connectivity index (χ0) is 35.1. The Hall–Kier alpha value is -3.30. The molecule has 1 rings (SSSR count). The molecule has 256 valence electrons. The van der Waals surface area contributed by atoms with Gasteiger partial charge in [-0.05, 0) is 45.1 Å². The molecule has 2 atom stereocenters. The number of alkyl carbamates (subject to hydrolysis) is 2. The smallest absolute Gasteiger partial charge is 0.407 e. The predicted octanol–water partition coefficient (Wildman–Crippen LogP) is 7.68. The van der Waals surface area contributed by atoms with Crippen molar-refractivity contribution >= 4 is 24.1 Å². The van der Waals surface area contributed by atoms with E-state index in [0.29, 0.717) is 0 Å². The SMILES string of the molecule is CC.CC.CCOC(=O)NC(C(=O)OC(C)(C)C(C)(C)C)C(C)C.CCOC(=O)NC(C(=O)OCc1ccccc1)C(C)C. The molecule has 1 aromatic carbocycles. The molecule has 0 aliphatic carbocycles. The Morgan fingerprint density at radius 2 is 1.05 bits per heavy atom. The third-order valence-electron chi connectivity index (χ3n) is 6.32. The number of hydrogen-bond donors (Lipinski definition) is 2. The number of benzene rings is 1. The topological polar surface area (TPSA) is 129 Å². The van der Waals surface area contributed by atoms with Gasteiger partial charge in [-0.3, -0.25) is 0 Å². The van der Waals surface area contributed by atoms with Crippen LogP contribution in [-0.4, -0.2) is 55.0 Å². The van der Waals surface area contributed by atoms with E-state index in [2.05, 4.69) is 10.6 Å². The van der Waals surface area contributed by atoms with Gasteiger partial charge in [0.05, 0.1) is 13.2 Å². The molecule has 2 unspecified atom stereocenters. The number of carbonyl (C=O) groups excluding carboxylic acids is 4. The molecule has 0 aliphatic heterocycles. The van der Waals surface area contributed by atoms with E-state index >= 15 is 0 Å². The van der Waals surface area contributed by atoms with Crippen molar-refractivity contribution in [2.45, 2.75) is 128 Å². The summed E-state index contributed by atoms with van der Waals surface area (Å²) in [6.07, 6.45) is -1.21. The largest absolute Gasteiger partial charge is 0.459 e. The van der Waals surface area contributed by atoms with Crippen LogP contribution in [0, 0.1) is 17.3 Å². The third kappa shape index (κ3) is 19.1. The van der Waals surface area contributed by atoms with E-state index in [1.165, 1.54) is 0 Å². The van der Waals surface area contributed by atoms with E-state index in [1.54, 1.807) is 13.8 Å². The fourth-order valence-electron chi connectivity index (χ4n) is 2.88. The Morgan fingerprint density at radius 1 is 0.659 bits per heavy atom. The van der Waals surface area contributed by atoms with Gasteiger partial charge < -0.3 is 29.6 Å². The van der Waals surface area contributed by atoms with Crippen LogP contribution in [0.1, 0.15) is 109 Å². The number of nitrogens with one attached hydrogen (secondary N) is 2. The van der Waals surface area contributed by atoms with E-state index in [1.807, 2.05) is 120 Å². The summed E-state index contributed by atoms with van der Waals surface area (Å²) in [6.45, 7) is 29.2. The minimum Gasteiger partial charge on any atom is -0.459 e. The summed E-state index contributed by atoms with van der Waals surface area (Å²) in [7, 11) is 0. The number of amides is 2. The molecule has 0 spiro atoms. The Morgan fingerprint density at radius 3 is 1.39 bits per heavy atom. The molecule has 2 amide bonds. The third-order valence-corrected chi connectivity index (χ3v) is 6.32. The molecule has 0 aliphatic rings. The van der Waals surface area contributed by atoms with Crippen LogP contribution in [0.5, 0.6) is 0 Å². The first-order chi connectivity index (χ1) is 20.5. The van der Waals surface area contributed by atoms with Crippen molar-refractivity contribution in [3.05, 3.63) is 35.9 Å². The fourth-order valence-corrected chi connectivity index (χ4v) is 2.88. The molecule has 0 saturated carbocycles. The number of ether oxygens (including phenoxy) is 4. The van der Waals surface area contributed by atoms with Crippen molar-refractivity contribution in [2.75, 3.05) is 13.2 Å². The van der Waals surface area contributed by atoms with Gasteiger partial charge in [-0.15, -0.1) is 0 Å². The lowest BCUT2D eigenvalue weighted by molar-refractivity contribution is -0.170. The molecule has 2 N–H and O–H groups in total. The van der Waals surface area contributed by atoms with Gasteiger partial charge in [0.2, 0.25) is 0 Å². The summed E-state index contributed by atoms with van der Waals surface area (Å²) in [5.41, 5.74) is 0.0706. The Kier molecular flexibility index (Phi) is 24.7. The summed E-state index contributed by atoms with van der Waals surface area (Å²) >= 11 is 0. The number of esters is 2. The molecule has 0 saturated heterocycles. The molecular weight excluding hydrogens is 564 g/mol. The average Bonchev–Trinajstić information content (AvgIpc) is 2.95. The van der Waals surface area contributed by atoms with E-state index in [4.69, 9.17) is 18.9 Å². The molecule has 0 heterocycles. The molecule has 1 aromatic rings. The normalized spacial score (nSPS) is 11.9. The number of rotatable bonds is 11. The molecular formula is C34H62N2O8. The van der Waals surface area contributed by atoms with Crippen LogP contribution in [0.4, 0.5) is 9.59 Å². The minimum absolute atomic E-state index is 0.0809. The maximum Gasteiger partial charge on any atom is 0.407 e. The van der Waals surface area contributed by atoms with Crippen LogP contribution in [0.3, 0.4) is 0 Å². The molecule has 10 heteroatoms. The second kappa shape index (κ2) is 24.1. The van der Waals surface area contributed by atoms with Gasteiger partial charge in [-0.2, -0.15) is 0 Å². The average molecular weight is 627 g/mol. The first-order valence-corrected chi connectivity index (χ1v) is 15.8. The van der Waals surface area contributed by atoms with Crippen molar-refractivity contribution in [1.29, 1.82) is 0 Å². The first-order valence-electron chi connectivity index (χ1n) is 15.8. The highest BCUT2D eigenvalue weighted by molar-refractivity contribution is 5.82. The number of hydrogen-bond acceptors (Lipinski definition) is 8. The lowest BCUT2D eigenvalue weighted by atomic mass is 9.79. The van der Waals surface area contributed by atoms with E-state index in [-0.39, 0.29) is 37.1 Å². The Bertz CT molecular complexity index is 925. The fraction of sp³-hybridized carbons (Fsp3) is 0.706. The van der Waals surface area contributed by atoms with Crippen molar-refractivity contribution in [3.8, 4) is 0 Å². The zero-order valence-electron chi connectivity index (χ0n) is 30.1. The molecule has 44 heavy (non-hydrogen) atoms. The molecule has 0 aromatic heterocycles. The van der Waals surface area contributed by atoms with Crippen LogP contribution in [-0.2, 0) is 35.1 Å². The molecule has 0 fully saturated rings. The second-order valence-corrected chi connectivity index (χ2v) is 11.4. The number of carbonyl (C=O) groups is 4. The van der Waals surface area contributed by atoms with Crippen LogP contribution in [0.2, 0.25) is 0 Å². The van der Waals surface area contributed by atoms with Crippen molar-refractivity contribution in [3.63, 3.8) is 0 Å². The zero-order valence-corrected chi connectivity index (χ0v) is 30.1. The van der Waals surface area contributed by atoms with E-state index < -0.39 is 41.8 Å². The maximum atomic E-state index is 12.3. The van der Waals surface area contributed by atoms with E-state index in [9.17, 15) is 19.2 Å². The standard InChI is InChI=1S/C15H21NO4.C15H29NO4.2C2H6/c1-4-19-15(18)16-13(11(2)3)14(17)20-10-12-8-6-5-7-9-12;1-9-19-13(18)16-11(10(2)3)12(17)20-15(7,8)14(4,5)6;2*1-2/h5-9,11,13H,4,10H2,1-3H3,(H,16,18);10-11H,9H2,1-8H3,(H,16,18);2*1-2H3. The lowest BCUT2D eigenvalue weighted by Gasteiger charge is -2.39. The Labute approximate surface area is 267 Å². The summed E-state index contributed by atoms with van der Waals surface area (Å²) in [5, 5.41) is 5.07. The van der Waals surface area contributed by atoms with Gasteiger partial charge in [0.25, 0.3) is 0 Å². The van der Waals surface area contributed by atoms with Gasteiger partial charge in [-0.1, -0.05) is 106 Å². The monoisotopic (exact) mass is 626 g/mol. The van der Waals surface area contributed by atoms with Crippen molar-refractivity contribution in [1.82, 2.24) is 10.6 Å². The van der Waals surface area contributed by atoms with Gasteiger partial charge in [0, 0.05) is 5.41 Å². The van der Waals surface area contributed by atoms with Crippen LogP contribution in [0.15, 0.2) is 30.3 Å². The predicted molar refractivity (Wildman–Crippen MR) is 176 cm³/mol. The van der Waals surface area contributed by atoms with Gasteiger partial charge >= 0.3 is 24.1 Å². The second-order valence-electron chi connectivity index (χ2n) is 11.4. The first kappa shape index (κ1) is 45.1. The highest BCUT2D eigenvalue weighted by atomic mass is 16.6. The quantitative estimate of drug-likeness (QED) is 0.189.